The number of hydrogen-bond acceptors (Lipinski definition) is 4. The van der Waals surface area contributed by atoms with Gasteiger partial charge in [0.2, 0.25) is 5.91 Å². The molecule has 0 radical (unpaired) electrons. The number of nitriles is 1. The van der Waals surface area contributed by atoms with E-state index >= 15 is 0 Å². The van der Waals surface area contributed by atoms with Gasteiger partial charge in [-0.3, -0.25) is 9.59 Å². The van der Waals surface area contributed by atoms with E-state index in [0.29, 0.717) is 0 Å². The van der Waals surface area contributed by atoms with Crippen LogP contribution in [0.15, 0.2) is 0 Å². The van der Waals surface area contributed by atoms with E-state index in [1.807, 2.05) is 13.8 Å². The summed E-state index contributed by atoms with van der Waals surface area (Å²) in [5.74, 6) is -1.34. The van der Waals surface area contributed by atoms with E-state index in [-0.39, 0.29) is 23.3 Å². The molecule has 0 heterocycles. The van der Waals surface area contributed by atoms with Gasteiger partial charge in [-0.1, -0.05) is 13.8 Å². The fourth-order valence-corrected chi connectivity index (χ4v) is 1.39. The summed E-state index contributed by atoms with van der Waals surface area (Å²) in [5.41, 5.74) is -0.902. The Morgan fingerprint density at radius 1 is 1.50 bits per heavy atom. The first-order valence-corrected chi connectivity index (χ1v) is 5.99. The second kappa shape index (κ2) is 6.38. The summed E-state index contributed by atoms with van der Waals surface area (Å²) in [6, 6.07) is 2.05. The minimum Gasteiger partial charge on any atom is -0.481 e. The van der Waals surface area contributed by atoms with Gasteiger partial charge in [-0.15, -0.1) is 11.8 Å². The van der Waals surface area contributed by atoms with Gasteiger partial charge in [0.1, 0.15) is 5.54 Å². The Balaban J connectivity index is 4.14. The molecule has 0 rings (SSSR count). The van der Waals surface area contributed by atoms with Crippen molar-refractivity contribution in [1.29, 1.82) is 5.26 Å². The maximum absolute atomic E-state index is 11.4. The summed E-state index contributed by atoms with van der Waals surface area (Å²) < 4.78 is 0. The number of hydrogen-bond donors (Lipinski definition) is 2. The molecule has 1 amide bonds. The zero-order valence-electron chi connectivity index (χ0n) is 9.61. The molecule has 0 aliphatic carbocycles. The molecule has 6 heteroatoms. The Labute approximate surface area is 99.2 Å². The van der Waals surface area contributed by atoms with Crippen molar-refractivity contribution in [2.24, 2.45) is 5.92 Å². The third kappa shape index (κ3) is 5.03. The van der Waals surface area contributed by atoms with Gasteiger partial charge in [0.25, 0.3) is 0 Å². The van der Waals surface area contributed by atoms with Crippen molar-refractivity contribution in [2.45, 2.75) is 26.3 Å². The Morgan fingerprint density at radius 2 is 2.06 bits per heavy atom. The van der Waals surface area contributed by atoms with Gasteiger partial charge in [-0.25, -0.2) is 0 Å². The van der Waals surface area contributed by atoms with Crippen LogP contribution in [0.1, 0.15) is 20.8 Å². The summed E-state index contributed by atoms with van der Waals surface area (Å²) in [5, 5.41) is 19.9. The number of carboxylic acid groups (broad SMARTS) is 1. The first-order chi connectivity index (χ1) is 7.31. The average molecular weight is 244 g/mol. The number of nitrogens with one attached hydrogen (secondary N) is 1. The molecular weight excluding hydrogens is 228 g/mol. The highest BCUT2D eigenvalue weighted by Crippen LogP contribution is 2.15. The minimum atomic E-state index is -0.954. The lowest BCUT2D eigenvalue weighted by Crippen LogP contribution is -2.49. The van der Waals surface area contributed by atoms with E-state index in [9.17, 15) is 9.59 Å². The normalized spacial score (nSPS) is 13.9. The average Bonchev–Trinajstić information content (AvgIpc) is 2.16. The number of thioether (sulfide) groups is 1. The predicted molar refractivity (Wildman–Crippen MR) is 62.0 cm³/mol. The highest BCUT2D eigenvalue weighted by atomic mass is 32.2. The summed E-state index contributed by atoms with van der Waals surface area (Å²) >= 11 is 1.01. The Hall–Kier alpha value is -1.22. The molecule has 16 heavy (non-hydrogen) atoms. The second-order valence-corrected chi connectivity index (χ2v) is 4.89. The van der Waals surface area contributed by atoms with Crippen molar-refractivity contribution >= 4 is 23.6 Å². The van der Waals surface area contributed by atoms with Gasteiger partial charge in [-0.2, -0.15) is 5.26 Å². The summed E-state index contributed by atoms with van der Waals surface area (Å²) in [4.78, 5) is 21.7. The van der Waals surface area contributed by atoms with Crippen LogP contribution in [0.3, 0.4) is 0 Å². The van der Waals surface area contributed by atoms with Gasteiger partial charge in [0.05, 0.1) is 17.6 Å². The second-order valence-electron chi connectivity index (χ2n) is 3.90. The molecule has 0 aromatic carbocycles. The number of rotatable bonds is 6. The van der Waals surface area contributed by atoms with E-state index in [1.165, 1.54) is 0 Å². The van der Waals surface area contributed by atoms with Crippen LogP contribution in [-0.4, -0.2) is 34.0 Å². The first-order valence-electron chi connectivity index (χ1n) is 4.83. The molecule has 0 fully saturated rings. The van der Waals surface area contributed by atoms with Crippen LogP contribution in [0, 0.1) is 17.2 Å². The van der Waals surface area contributed by atoms with E-state index in [0.717, 1.165) is 11.8 Å². The number of carboxylic acids is 1. The number of carbonyl (C=O) groups is 2. The van der Waals surface area contributed by atoms with Crippen molar-refractivity contribution in [3.05, 3.63) is 0 Å². The molecular formula is C10H16N2O3S. The predicted octanol–water partition coefficient (Wildman–Crippen LogP) is 0.859. The van der Waals surface area contributed by atoms with Gasteiger partial charge in [0.15, 0.2) is 0 Å². The SMILES string of the molecule is CC(C)C(C)(C#N)NC(=O)CSCC(=O)O. The fraction of sp³-hybridized carbons (Fsp3) is 0.700. The van der Waals surface area contributed by atoms with Crippen LogP contribution in [0.25, 0.3) is 0 Å². The van der Waals surface area contributed by atoms with Gasteiger partial charge < -0.3 is 10.4 Å². The molecule has 1 unspecified atom stereocenters. The summed E-state index contributed by atoms with van der Waals surface area (Å²) in [6.07, 6.45) is 0. The Morgan fingerprint density at radius 3 is 2.44 bits per heavy atom. The van der Waals surface area contributed by atoms with Crippen LogP contribution in [0.4, 0.5) is 0 Å². The number of aliphatic carboxylic acids is 1. The lowest BCUT2D eigenvalue weighted by Gasteiger charge is -2.27. The lowest BCUT2D eigenvalue weighted by atomic mass is 9.90. The quantitative estimate of drug-likeness (QED) is 0.723. The first kappa shape index (κ1) is 14.8. The highest BCUT2D eigenvalue weighted by Gasteiger charge is 2.29. The third-order valence-corrected chi connectivity index (χ3v) is 3.16. The molecule has 0 aromatic heterocycles. The maximum atomic E-state index is 11.4. The molecule has 90 valence electrons. The molecule has 0 aliphatic rings. The van der Waals surface area contributed by atoms with Crippen molar-refractivity contribution < 1.29 is 14.7 Å². The van der Waals surface area contributed by atoms with Crippen LogP contribution in [0.2, 0.25) is 0 Å². The van der Waals surface area contributed by atoms with Crippen molar-refractivity contribution in [3.63, 3.8) is 0 Å². The van der Waals surface area contributed by atoms with Crippen LogP contribution in [-0.2, 0) is 9.59 Å². The van der Waals surface area contributed by atoms with E-state index in [4.69, 9.17) is 10.4 Å². The van der Waals surface area contributed by atoms with Crippen molar-refractivity contribution in [2.75, 3.05) is 11.5 Å². The van der Waals surface area contributed by atoms with Gasteiger partial charge in [0, 0.05) is 0 Å². The number of nitrogens with zero attached hydrogens (tertiary/aromatic N) is 1. The largest absolute Gasteiger partial charge is 0.481 e. The molecule has 0 bridgehead atoms. The summed E-state index contributed by atoms with van der Waals surface area (Å²) in [7, 11) is 0. The van der Waals surface area contributed by atoms with Crippen LogP contribution in [0.5, 0.6) is 0 Å². The summed E-state index contributed by atoms with van der Waals surface area (Å²) in [6.45, 7) is 5.33. The smallest absolute Gasteiger partial charge is 0.313 e. The lowest BCUT2D eigenvalue weighted by molar-refractivity contribution is -0.133. The topological polar surface area (TPSA) is 90.2 Å². The molecule has 2 N–H and O–H groups in total. The number of carbonyl (C=O) groups excluding carboxylic acids is 1. The van der Waals surface area contributed by atoms with Gasteiger partial charge >= 0.3 is 5.97 Å². The monoisotopic (exact) mass is 244 g/mol. The van der Waals surface area contributed by atoms with Crippen LogP contribution >= 0.6 is 11.8 Å². The molecule has 0 saturated heterocycles. The molecule has 0 aromatic rings. The van der Waals surface area contributed by atoms with Gasteiger partial charge in [-0.05, 0) is 12.8 Å². The molecule has 1 atom stereocenters. The fourth-order valence-electron chi connectivity index (χ4n) is 0.858. The van der Waals surface area contributed by atoms with Crippen molar-refractivity contribution in [3.8, 4) is 6.07 Å². The standard InChI is InChI=1S/C10H16N2O3S/c1-7(2)10(3,6-11)12-8(13)4-16-5-9(14)15/h7H,4-5H2,1-3H3,(H,12,13)(H,14,15). The molecule has 0 saturated carbocycles. The zero-order valence-corrected chi connectivity index (χ0v) is 10.4. The zero-order chi connectivity index (χ0) is 12.8. The molecule has 5 nitrogen and oxygen atoms in total. The minimum absolute atomic E-state index is 0.00840. The highest BCUT2D eigenvalue weighted by molar-refractivity contribution is 8.00. The van der Waals surface area contributed by atoms with E-state index < -0.39 is 11.5 Å². The van der Waals surface area contributed by atoms with E-state index in [2.05, 4.69) is 11.4 Å². The van der Waals surface area contributed by atoms with E-state index in [1.54, 1.807) is 6.92 Å². The Bertz CT molecular complexity index is 312. The third-order valence-electron chi connectivity index (χ3n) is 2.24. The Kier molecular flexibility index (Phi) is 5.89. The van der Waals surface area contributed by atoms with Crippen LogP contribution < -0.4 is 5.32 Å². The number of amides is 1. The molecule has 0 spiro atoms. The molecule has 0 aliphatic heterocycles. The maximum Gasteiger partial charge on any atom is 0.313 e. The van der Waals surface area contributed by atoms with Crippen molar-refractivity contribution in [1.82, 2.24) is 5.32 Å².